The van der Waals surface area contributed by atoms with Crippen LogP contribution in [0.1, 0.15) is 20.8 Å². The minimum absolute atomic E-state index is 0.882. The smallest absolute Gasteiger partial charge is 0.0518 e. The number of allylic oxidation sites excluding steroid dienone is 1. The highest BCUT2D eigenvalue weighted by atomic mass is 15.2. The van der Waals surface area contributed by atoms with Gasteiger partial charge < -0.3 is 0 Å². The number of hydrogen-bond acceptors (Lipinski definition) is 2. The zero-order chi connectivity index (χ0) is 7.70. The van der Waals surface area contributed by atoms with Crippen LogP contribution in [0.4, 0.5) is 0 Å². The van der Waals surface area contributed by atoms with E-state index < -0.39 is 0 Å². The third-order valence-electron chi connectivity index (χ3n) is 0.360. The average molecular weight is 126 g/mol. The van der Waals surface area contributed by atoms with Gasteiger partial charge in [-0.3, -0.25) is 0 Å². The monoisotopic (exact) mass is 126 g/mol. The average Bonchev–Trinajstić information content (AvgIpc) is 1.88. The quantitative estimate of drug-likeness (QED) is 0.400. The van der Waals surface area contributed by atoms with Gasteiger partial charge in [0, 0.05) is 6.72 Å². The summed E-state index contributed by atoms with van der Waals surface area (Å²) in [6.45, 7) is 12.5. The molecule has 0 saturated heterocycles. The molecule has 9 heavy (non-hydrogen) atoms. The maximum absolute atomic E-state index is 3.56. The van der Waals surface area contributed by atoms with E-state index in [4.69, 9.17) is 0 Å². The molecular formula is C7H14N2. The maximum Gasteiger partial charge on any atom is 0.0518 e. The van der Waals surface area contributed by atoms with Crippen molar-refractivity contribution >= 4 is 12.9 Å². The van der Waals surface area contributed by atoms with Crippen molar-refractivity contribution in [1.29, 1.82) is 0 Å². The van der Waals surface area contributed by atoms with Gasteiger partial charge in [-0.15, -0.1) is 0 Å². The van der Waals surface area contributed by atoms with Crippen LogP contribution in [0.2, 0.25) is 0 Å². The van der Waals surface area contributed by atoms with Crippen molar-refractivity contribution in [3.05, 3.63) is 12.2 Å². The minimum Gasteiger partial charge on any atom is -0.167 e. The van der Waals surface area contributed by atoms with E-state index in [1.165, 1.54) is 0 Å². The van der Waals surface area contributed by atoms with E-state index in [-0.39, 0.29) is 0 Å². The van der Waals surface area contributed by atoms with Gasteiger partial charge in [-0.1, -0.05) is 20.4 Å². The molecule has 0 amide bonds. The van der Waals surface area contributed by atoms with E-state index in [0.29, 0.717) is 0 Å². The first-order valence-electron chi connectivity index (χ1n) is 2.92. The molecule has 0 saturated carbocycles. The topological polar surface area (TPSA) is 24.7 Å². The van der Waals surface area contributed by atoms with Gasteiger partial charge in [-0.05, 0) is 12.5 Å². The van der Waals surface area contributed by atoms with Crippen LogP contribution >= 0.6 is 0 Å². The third kappa shape index (κ3) is 19.3. The zero-order valence-corrected chi connectivity index (χ0v) is 6.39. The summed E-state index contributed by atoms with van der Waals surface area (Å²) in [6, 6.07) is 0. The van der Waals surface area contributed by atoms with Crippen molar-refractivity contribution in [2.75, 3.05) is 0 Å². The summed E-state index contributed by atoms with van der Waals surface area (Å²) < 4.78 is 0. The molecule has 0 heterocycles. The van der Waals surface area contributed by atoms with Crippen molar-refractivity contribution in [3.8, 4) is 0 Å². The molecule has 52 valence electrons. The van der Waals surface area contributed by atoms with Gasteiger partial charge in [0.2, 0.25) is 0 Å². The first-order valence-corrected chi connectivity index (χ1v) is 2.92. The molecule has 0 aliphatic carbocycles. The molecule has 0 aromatic heterocycles. The van der Waals surface area contributed by atoms with Gasteiger partial charge in [0.05, 0.1) is 6.21 Å². The van der Waals surface area contributed by atoms with Gasteiger partial charge in [0.15, 0.2) is 0 Å². The van der Waals surface area contributed by atoms with Crippen LogP contribution in [0.25, 0.3) is 0 Å². The Hall–Kier alpha value is -0.920. The standard InChI is InChI=1S/C5H8N2.C2H6/c1-5(2)4-7-6-3;1-2/h4H,1,3H2,2H3;1-2H3/b7-4-;. The Morgan fingerprint density at radius 2 is 1.89 bits per heavy atom. The van der Waals surface area contributed by atoms with Crippen LogP contribution in [-0.4, -0.2) is 12.9 Å². The SMILES string of the molecule is C=N/N=C\C(=C)C.CC. The molecule has 0 aliphatic rings. The Balaban J connectivity index is 0. The Bertz CT molecular complexity index is 103. The van der Waals surface area contributed by atoms with Crippen molar-refractivity contribution < 1.29 is 0 Å². The van der Waals surface area contributed by atoms with E-state index in [0.717, 1.165) is 5.57 Å². The van der Waals surface area contributed by atoms with Crippen molar-refractivity contribution in [1.82, 2.24) is 0 Å². The third-order valence-corrected chi connectivity index (χ3v) is 0.360. The fraction of sp³-hybridized carbons (Fsp3) is 0.429. The molecule has 0 aromatic rings. The van der Waals surface area contributed by atoms with E-state index in [1.54, 1.807) is 6.21 Å². The summed E-state index contributed by atoms with van der Waals surface area (Å²) in [5.74, 6) is 0. The van der Waals surface area contributed by atoms with Crippen molar-refractivity contribution in [3.63, 3.8) is 0 Å². The molecule has 0 fully saturated rings. The predicted molar refractivity (Wildman–Crippen MR) is 44.2 cm³/mol. The van der Waals surface area contributed by atoms with Crippen molar-refractivity contribution in [2.45, 2.75) is 20.8 Å². The Morgan fingerprint density at radius 3 is 2.00 bits per heavy atom. The number of nitrogens with zero attached hydrogens (tertiary/aromatic N) is 2. The molecule has 2 nitrogen and oxygen atoms in total. The zero-order valence-electron chi connectivity index (χ0n) is 6.39. The second-order valence-corrected chi connectivity index (χ2v) is 1.23. The largest absolute Gasteiger partial charge is 0.167 e. The van der Waals surface area contributed by atoms with Gasteiger partial charge >= 0.3 is 0 Å². The molecule has 2 heteroatoms. The summed E-state index contributed by atoms with van der Waals surface area (Å²) in [6.07, 6.45) is 1.55. The molecular weight excluding hydrogens is 112 g/mol. The molecule has 0 spiro atoms. The van der Waals surface area contributed by atoms with Gasteiger partial charge in [0.25, 0.3) is 0 Å². The Kier molecular flexibility index (Phi) is 12.3. The highest BCUT2D eigenvalue weighted by Gasteiger charge is 1.67. The summed E-state index contributed by atoms with van der Waals surface area (Å²) in [7, 11) is 0. The lowest BCUT2D eigenvalue weighted by Gasteiger charge is -1.75. The van der Waals surface area contributed by atoms with Crippen LogP contribution in [0.3, 0.4) is 0 Å². The van der Waals surface area contributed by atoms with Crippen LogP contribution in [0.5, 0.6) is 0 Å². The first-order chi connectivity index (χ1) is 4.27. The van der Waals surface area contributed by atoms with E-state index in [1.807, 2.05) is 20.8 Å². The highest BCUT2D eigenvalue weighted by molar-refractivity contribution is 5.76. The van der Waals surface area contributed by atoms with Gasteiger partial charge in [-0.2, -0.15) is 10.2 Å². The molecule has 0 rings (SSSR count). The molecule has 0 bridgehead atoms. The molecule has 0 aromatic carbocycles. The fourth-order valence-corrected chi connectivity index (χ4v) is 0.139. The Morgan fingerprint density at radius 1 is 1.44 bits per heavy atom. The fourth-order valence-electron chi connectivity index (χ4n) is 0.139. The number of rotatable bonds is 2. The maximum atomic E-state index is 3.56. The summed E-state index contributed by atoms with van der Waals surface area (Å²) >= 11 is 0. The lowest BCUT2D eigenvalue weighted by Crippen LogP contribution is -1.68. The highest BCUT2D eigenvalue weighted by Crippen LogP contribution is 1.77. The van der Waals surface area contributed by atoms with Crippen LogP contribution in [0, 0.1) is 0 Å². The molecule has 0 unspecified atom stereocenters. The second kappa shape index (κ2) is 10.1. The summed E-state index contributed by atoms with van der Waals surface area (Å²) in [4.78, 5) is 0. The molecule has 0 aliphatic heterocycles. The van der Waals surface area contributed by atoms with Crippen LogP contribution in [0.15, 0.2) is 22.4 Å². The molecule has 0 radical (unpaired) electrons. The van der Waals surface area contributed by atoms with E-state index >= 15 is 0 Å². The van der Waals surface area contributed by atoms with Crippen LogP contribution in [-0.2, 0) is 0 Å². The lowest BCUT2D eigenvalue weighted by molar-refractivity contribution is 1.28. The molecule has 0 atom stereocenters. The van der Waals surface area contributed by atoms with Crippen molar-refractivity contribution in [2.24, 2.45) is 10.2 Å². The predicted octanol–water partition coefficient (Wildman–Crippen LogP) is 2.28. The normalized spacial score (nSPS) is 7.89. The minimum atomic E-state index is 0.882. The van der Waals surface area contributed by atoms with Gasteiger partial charge in [0.1, 0.15) is 0 Å². The second-order valence-electron chi connectivity index (χ2n) is 1.23. The molecule has 0 N–H and O–H groups in total. The van der Waals surface area contributed by atoms with Crippen LogP contribution < -0.4 is 0 Å². The number of hydrogen-bond donors (Lipinski definition) is 0. The van der Waals surface area contributed by atoms with Gasteiger partial charge in [-0.25, -0.2) is 0 Å². The lowest BCUT2D eigenvalue weighted by atomic mass is 10.4. The van der Waals surface area contributed by atoms with E-state index in [9.17, 15) is 0 Å². The summed E-state index contributed by atoms with van der Waals surface area (Å²) in [5, 5.41) is 6.70. The summed E-state index contributed by atoms with van der Waals surface area (Å²) in [5.41, 5.74) is 0.882. The van der Waals surface area contributed by atoms with E-state index in [2.05, 4.69) is 23.5 Å². The Labute approximate surface area is 57.0 Å². The first kappa shape index (κ1) is 11.0.